The summed E-state index contributed by atoms with van der Waals surface area (Å²) in [6.07, 6.45) is 0. The van der Waals surface area contributed by atoms with Crippen LogP contribution in [-0.2, 0) is 4.74 Å². The number of halogens is 2. The Kier molecular flexibility index (Phi) is 1.67. The second-order valence-corrected chi connectivity index (χ2v) is 5.64. The summed E-state index contributed by atoms with van der Waals surface area (Å²) >= 11 is 3.39. The molecule has 1 nitrogen and oxygen atoms in total. The van der Waals surface area contributed by atoms with Crippen molar-refractivity contribution in [2.24, 2.45) is 17.3 Å². The molecule has 1 heterocycles. The number of hydrogen-bond acceptors (Lipinski definition) is 1. The van der Waals surface area contributed by atoms with Crippen molar-refractivity contribution >= 4 is 15.9 Å². The van der Waals surface area contributed by atoms with Crippen LogP contribution >= 0.6 is 15.9 Å². The van der Waals surface area contributed by atoms with Gasteiger partial charge in [-0.2, -0.15) is 0 Å². The van der Waals surface area contributed by atoms with Gasteiger partial charge in [0.2, 0.25) is 5.85 Å². The Hall–Kier alpha value is 0.370. The Morgan fingerprint density at radius 1 is 1.42 bits per heavy atom. The lowest BCUT2D eigenvalue weighted by Crippen LogP contribution is -2.39. The van der Waals surface area contributed by atoms with E-state index in [1.807, 2.05) is 0 Å². The summed E-state index contributed by atoms with van der Waals surface area (Å²) in [4.78, 5) is -0.140. The Balaban J connectivity index is 2.19. The molecule has 0 bridgehead atoms. The standard InChI is InChI=1S/C9H14BrFO/c1-8(2)5-4-12-9(3,11)7(10)6(5)8/h5-7H,4H2,1-3H3/t5-,6-,7+,9+/m1/s1. The lowest BCUT2D eigenvalue weighted by molar-refractivity contribution is -0.152. The first-order valence-electron chi connectivity index (χ1n) is 4.34. The van der Waals surface area contributed by atoms with Crippen LogP contribution in [0.25, 0.3) is 0 Å². The van der Waals surface area contributed by atoms with Crippen LogP contribution in [0.5, 0.6) is 0 Å². The third-order valence-corrected chi connectivity index (χ3v) is 4.88. The van der Waals surface area contributed by atoms with Crippen molar-refractivity contribution in [2.45, 2.75) is 31.5 Å². The highest BCUT2D eigenvalue weighted by atomic mass is 79.9. The molecule has 0 unspecified atom stereocenters. The zero-order valence-corrected chi connectivity index (χ0v) is 9.19. The van der Waals surface area contributed by atoms with E-state index in [0.717, 1.165) is 0 Å². The van der Waals surface area contributed by atoms with E-state index in [9.17, 15) is 4.39 Å². The summed E-state index contributed by atoms with van der Waals surface area (Å²) in [6.45, 7) is 6.45. The van der Waals surface area contributed by atoms with E-state index in [4.69, 9.17) is 4.74 Å². The topological polar surface area (TPSA) is 9.23 Å². The monoisotopic (exact) mass is 236 g/mol. The summed E-state index contributed by atoms with van der Waals surface area (Å²) in [5, 5.41) is 0. The van der Waals surface area contributed by atoms with Gasteiger partial charge < -0.3 is 4.74 Å². The Bertz CT molecular complexity index is 215. The first kappa shape index (κ1) is 8.95. The van der Waals surface area contributed by atoms with Crippen molar-refractivity contribution in [3.05, 3.63) is 0 Å². The molecule has 0 aromatic rings. The van der Waals surface area contributed by atoms with Gasteiger partial charge >= 0.3 is 0 Å². The summed E-state index contributed by atoms with van der Waals surface area (Å²) in [5.74, 6) is -0.485. The minimum atomic E-state index is -1.48. The van der Waals surface area contributed by atoms with Gasteiger partial charge in [0.05, 0.1) is 11.4 Å². The molecule has 0 radical (unpaired) electrons. The molecule has 2 rings (SSSR count). The van der Waals surface area contributed by atoms with E-state index in [-0.39, 0.29) is 10.2 Å². The fraction of sp³-hybridized carbons (Fsp3) is 1.00. The van der Waals surface area contributed by atoms with E-state index >= 15 is 0 Å². The Morgan fingerprint density at radius 3 is 2.50 bits per heavy atom. The maximum absolute atomic E-state index is 13.6. The van der Waals surface area contributed by atoms with E-state index in [0.29, 0.717) is 18.4 Å². The molecule has 2 aliphatic rings. The Labute approximate surface area is 80.8 Å². The molecule has 0 amide bonds. The molecule has 0 N–H and O–H groups in total. The molecule has 70 valence electrons. The van der Waals surface area contributed by atoms with Gasteiger partial charge in [-0.25, -0.2) is 4.39 Å². The van der Waals surface area contributed by atoms with Crippen molar-refractivity contribution in [3.63, 3.8) is 0 Å². The van der Waals surface area contributed by atoms with Crippen LogP contribution in [0.3, 0.4) is 0 Å². The predicted octanol–water partition coefficient (Wildman–Crippen LogP) is 2.74. The lowest BCUT2D eigenvalue weighted by atomic mass is 10.0. The SMILES string of the molecule is CC1(C)[C@@H]2[C@H]1CO[C@](C)(F)[C@H]2Br. The van der Waals surface area contributed by atoms with Gasteiger partial charge in [-0.15, -0.1) is 0 Å². The molecule has 1 saturated carbocycles. The molecule has 0 aromatic carbocycles. The third-order valence-electron chi connectivity index (χ3n) is 3.49. The molecular weight excluding hydrogens is 223 g/mol. The first-order chi connectivity index (χ1) is 5.37. The average molecular weight is 237 g/mol. The van der Waals surface area contributed by atoms with Crippen molar-refractivity contribution in [1.82, 2.24) is 0 Å². The summed E-state index contributed by atoms with van der Waals surface area (Å²) < 4.78 is 18.8. The van der Waals surface area contributed by atoms with Crippen LogP contribution in [0.15, 0.2) is 0 Å². The van der Waals surface area contributed by atoms with Crippen molar-refractivity contribution in [2.75, 3.05) is 6.61 Å². The number of fused-ring (bicyclic) bond motifs is 1. The van der Waals surface area contributed by atoms with Crippen molar-refractivity contribution < 1.29 is 9.13 Å². The van der Waals surface area contributed by atoms with Crippen molar-refractivity contribution in [1.29, 1.82) is 0 Å². The molecule has 2 fully saturated rings. The second kappa shape index (κ2) is 2.24. The minimum Gasteiger partial charge on any atom is -0.345 e. The normalized spacial score (nSPS) is 56.2. The van der Waals surface area contributed by atoms with Crippen LogP contribution in [-0.4, -0.2) is 17.3 Å². The molecule has 12 heavy (non-hydrogen) atoms. The summed E-state index contributed by atoms with van der Waals surface area (Å²) in [7, 11) is 0. The fourth-order valence-corrected chi connectivity index (χ4v) is 3.52. The Morgan fingerprint density at radius 2 is 2.00 bits per heavy atom. The molecule has 1 saturated heterocycles. The summed E-state index contributed by atoms with van der Waals surface area (Å²) in [6, 6.07) is 0. The van der Waals surface area contributed by atoms with Gasteiger partial charge in [0.15, 0.2) is 0 Å². The van der Waals surface area contributed by atoms with E-state index in [1.165, 1.54) is 6.92 Å². The highest BCUT2D eigenvalue weighted by Crippen LogP contribution is 2.66. The van der Waals surface area contributed by atoms with Gasteiger partial charge in [0.25, 0.3) is 0 Å². The van der Waals surface area contributed by atoms with Crippen molar-refractivity contribution in [3.8, 4) is 0 Å². The highest BCUT2D eigenvalue weighted by molar-refractivity contribution is 9.09. The quantitative estimate of drug-likeness (QED) is 0.588. The van der Waals surface area contributed by atoms with Gasteiger partial charge in [-0.05, 0) is 24.2 Å². The zero-order valence-electron chi connectivity index (χ0n) is 7.60. The third kappa shape index (κ3) is 0.987. The molecule has 0 spiro atoms. The van der Waals surface area contributed by atoms with Gasteiger partial charge in [0, 0.05) is 0 Å². The first-order valence-corrected chi connectivity index (χ1v) is 5.26. The summed E-state index contributed by atoms with van der Waals surface area (Å²) in [5.41, 5.74) is 0.262. The smallest absolute Gasteiger partial charge is 0.219 e. The van der Waals surface area contributed by atoms with Gasteiger partial charge in [-0.3, -0.25) is 0 Å². The maximum Gasteiger partial charge on any atom is 0.219 e. The van der Waals surface area contributed by atoms with Crippen LogP contribution in [0.2, 0.25) is 0 Å². The maximum atomic E-state index is 13.6. The zero-order chi connectivity index (χ0) is 9.15. The molecule has 0 aromatic heterocycles. The lowest BCUT2D eigenvalue weighted by Gasteiger charge is -2.30. The molecule has 4 atom stereocenters. The molecular formula is C9H14BrFO. The van der Waals surface area contributed by atoms with Crippen LogP contribution in [0.4, 0.5) is 4.39 Å². The van der Waals surface area contributed by atoms with Crippen LogP contribution in [0.1, 0.15) is 20.8 Å². The van der Waals surface area contributed by atoms with Gasteiger partial charge in [0.1, 0.15) is 0 Å². The minimum absolute atomic E-state index is 0.140. The number of rotatable bonds is 0. The van der Waals surface area contributed by atoms with Gasteiger partial charge in [-0.1, -0.05) is 29.8 Å². The largest absolute Gasteiger partial charge is 0.345 e. The number of ether oxygens (including phenoxy) is 1. The van der Waals surface area contributed by atoms with E-state index in [2.05, 4.69) is 29.8 Å². The molecule has 1 aliphatic heterocycles. The molecule has 1 aliphatic carbocycles. The van der Waals surface area contributed by atoms with Crippen LogP contribution in [0, 0.1) is 17.3 Å². The molecule has 3 heteroatoms. The second-order valence-electron chi connectivity index (χ2n) is 4.65. The van der Waals surface area contributed by atoms with E-state index < -0.39 is 5.85 Å². The van der Waals surface area contributed by atoms with Crippen LogP contribution < -0.4 is 0 Å². The number of hydrogen-bond donors (Lipinski definition) is 0. The predicted molar refractivity (Wildman–Crippen MR) is 48.9 cm³/mol. The van der Waals surface area contributed by atoms with E-state index in [1.54, 1.807) is 0 Å². The fourth-order valence-electron chi connectivity index (χ4n) is 2.34. The highest BCUT2D eigenvalue weighted by Gasteiger charge is 2.67. The number of alkyl halides is 2. The average Bonchev–Trinajstić information content (AvgIpc) is 2.46.